The van der Waals surface area contributed by atoms with E-state index in [1.807, 2.05) is 0 Å². The van der Waals surface area contributed by atoms with E-state index in [1.165, 1.54) is 25.3 Å². The van der Waals surface area contributed by atoms with Crippen molar-refractivity contribution in [3.8, 4) is 17.2 Å². The van der Waals surface area contributed by atoms with Crippen LogP contribution in [0, 0.1) is 0 Å². The molecule has 0 radical (unpaired) electrons. The molecule has 5 N–H and O–H groups in total. The molecule has 3 atom stereocenters. The van der Waals surface area contributed by atoms with Gasteiger partial charge in [-0.25, -0.2) is 0 Å². The van der Waals surface area contributed by atoms with Gasteiger partial charge in [0.1, 0.15) is 5.75 Å². The van der Waals surface area contributed by atoms with Gasteiger partial charge in [0.25, 0.3) is 0 Å². The summed E-state index contributed by atoms with van der Waals surface area (Å²) in [5, 5.41) is 49.2. The molecular formula is C20H26O6. The van der Waals surface area contributed by atoms with Crippen molar-refractivity contribution in [3.05, 3.63) is 53.6 Å². The third kappa shape index (κ3) is 5.91. The van der Waals surface area contributed by atoms with Gasteiger partial charge in [0.15, 0.2) is 11.5 Å². The second-order valence-corrected chi connectivity index (χ2v) is 6.44. The zero-order valence-electron chi connectivity index (χ0n) is 14.7. The lowest BCUT2D eigenvalue weighted by Crippen LogP contribution is -2.31. The largest absolute Gasteiger partial charge is 0.508 e. The molecule has 0 aliphatic carbocycles. The number of aliphatic hydroxyl groups is 3. The molecule has 0 bridgehead atoms. The van der Waals surface area contributed by atoms with Crippen molar-refractivity contribution in [1.29, 1.82) is 0 Å². The smallest absolute Gasteiger partial charge is 0.160 e. The number of phenols is 2. The average molecular weight is 362 g/mol. The molecule has 0 saturated heterocycles. The van der Waals surface area contributed by atoms with Crippen LogP contribution in [0.1, 0.15) is 24.0 Å². The average Bonchev–Trinajstić information content (AvgIpc) is 2.62. The fraction of sp³-hybridized carbons (Fsp3) is 0.400. The summed E-state index contributed by atoms with van der Waals surface area (Å²) < 4.78 is 5.05. The fourth-order valence-corrected chi connectivity index (χ4v) is 2.77. The third-order valence-electron chi connectivity index (χ3n) is 4.35. The number of ether oxygens (including phenoxy) is 1. The second-order valence-electron chi connectivity index (χ2n) is 6.44. The summed E-state index contributed by atoms with van der Waals surface area (Å²) in [6.45, 7) is 0. The molecule has 0 amide bonds. The summed E-state index contributed by atoms with van der Waals surface area (Å²) in [5.74, 6) is 0.580. The maximum atomic E-state index is 10.1. The van der Waals surface area contributed by atoms with Crippen molar-refractivity contribution in [2.75, 3.05) is 7.11 Å². The Labute approximate surface area is 152 Å². The van der Waals surface area contributed by atoms with E-state index in [9.17, 15) is 25.5 Å². The van der Waals surface area contributed by atoms with Crippen LogP contribution in [0.3, 0.4) is 0 Å². The number of hydrogen-bond acceptors (Lipinski definition) is 6. The van der Waals surface area contributed by atoms with Gasteiger partial charge >= 0.3 is 0 Å². The van der Waals surface area contributed by atoms with E-state index in [1.54, 1.807) is 24.3 Å². The predicted octanol–water partition coefficient (Wildman–Crippen LogP) is 1.75. The molecule has 6 nitrogen and oxygen atoms in total. The summed E-state index contributed by atoms with van der Waals surface area (Å²) in [7, 11) is 1.47. The zero-order valence-corrected chi connectivity index (χ0v) is 14.7. The quantitative estimate of drug-likeness (QED) is 0.465. The molecular weight excluding hydrogens is 336 g/mol. The molecule has 2 aromatic rings. The molecule has 6 heteroatoms. The molecule has 2 rings (SSSR count). The number of rotatable bonds is 9. The predicted molar refractivity (Wildman–Crippen MR) is 97.4 cm³/mol. The number of methoxy groups -OCH3 is 1. The van der Waals surface area contributed by atoms with Gasteiger partial charge in [-0.15, -0.1) is 0 Å². The minimum absolute atomic E-state index is 0.0598. The van der Waals surface area contributed by atoms with Gasteiger partial charge in [0.05, 0.1) is 25.4 Å². The van der Waals surface area contributed by atoms with Gasteiger partial charge in [-0.3, -0.25) is 0 Å². The van der Waals surface area contributed by atoms with E-state index in [2.05, 4.69) is 0 Å². The molecule has 26 heavy (non-hydrogen) atoms. The highest BCUT2D eigenvalue weighted by molar-refractivity contribution is 5.41. The highest BCUT2D eigenvalue weighted by Crippen LogP contribution is 2.27. The van der Waals surface area contributed by atoms with Crippen LogP contribution in [0.4, 0.5) is 0 Å². The molecule has 0 aliphatic heterocycles. The lowest BCUT2D eigenvalue weighted by atomic mass is 9.97. The Morgan fingerprint density at radius 2 is 1.54 bits per heavy atom. The van der Waals surface area contributed by atoms with Crippen LogP contribution in [0.25, 0.3) is 0 Å². The highest BCUT2D eigenvalue weighted by atomic mass is 16.5. The molecule has 2 aromatic carbocycles. The van der Waals surface area contributed by atoms with Crippen LogP contribution in [0.5, 0.6) is 17.2 Å². The van der Waals surface area contributed by atoms with Gasteiger partial charge in [0.2, 0.25) is 0 Å². The molecule has 0 fully saturated rings. The molecule has 0 spiro atoms. The third-order valence-corrected chi connectivity index (χ3v) is 4.35. The molecule has 0 aliphatic rings. The van der Waals surface area contributed by atoms with Gasteiger partial charge in [-0.05, 0) is 48.2 Å². The Morgan fingerprint density at radius 3 is 2.19 bits per heavy atom. The van der Waals surface area contributed by atoms with Gasteiger partial charge in [0, 0.05) is 12.8 Å². The molecule has 142 valence electrons. The number of aromatic hydroxyl groups is 2. The van der Waals surface area contributed by atoms with Crippen molar-refractivity contribution >= 4 is 0 Å². The van der Waals surface area contributed by atoms with Crippen LogP contribution in [-0.2, 0) is 12.8 Å². The number of hydrogen-bond donors (Lipinski definition) is 5. The maximum Gasteiger partial charge on any atom is 0.160 e. The summed E-state index contributed by atoms with van der Waals surface area (Å²) in [4.78, 5) is 0. The lowest BCUT2D eigenvalue weighted by Gasteiger charge is -2.21. The van der Waals surface area contributed by atoms with Crippen molar-refractivity contribution < 1.29 is 30.3 Å². The second kappa shape index (κ2) is 9.43. The van der Waals surface area contributed by atoms with E-state index < -0.39 is 18.3 Å². The first-order valence-electron chi connectivity index (χ1n) is 8.57. The van der Waals surface area contributed by atoms with Crippen molar-refractivity contribution in [2.45, 2.75) is 44.0 Å². The van der Waals surface area contributed by atoms with E-state index >= 15 is 0 Å². The maximum absolute atomic E-state index is 10.1. The van der Waals surface area contributed by atoms with Crippen molar-refractivity contribution in [3.63, 3.8) is 0 Å². The molecule has 0 saturated carbocycles. The van der Waals surface area contributed by atoms with Gasteiger partial charge in [-0.1, -0.05) is 18.2 Å². The lowest BCUT2D eigenvalue weighted by molar-refractivity contribution is -0.0128. The first-order chi connectivity index (χ1) is 12.4. The summed E-state index contributed by atoms with van der Waals surface area (Å²) in [6, 6.07) is 11.4. The van der Waals surface area contributed by atoms with Gasteiger partial charge < -0.3 is 30.3 Å². The minimum atomic E-state index is -1.05. The normalized spacial score (nSPS) is 14.6. The van der Waals surface area contributed by atoms with Crippen LogP contribution in [-0.4, -0.2) is 51.0 Å². The number of aryl methyl sites for hydroxylation is 1. The van der Waals surface area contributed by atoms with E-state index in [0.29, 0.717) is 18.6 Å². The number of phenolic OH excluding ortho intramolecular Hbond substituents is 2. The first-order valence-corrected chi connectivity index (χ1v) is 8.57. The minimum Gasteiger partial charge on any atom is -0.508 e. The Balaban J connectivity index is 1.80. The number of benzene rings is 2. The Morgan fingerprint density at radius 1 is 0.885 bits per heavy atom. The summed E-state index contributed by atoms with van der Waals surface area (Å²) >= 11 is 0. The van der Waals surface area contributed by atoms with Crippen molar-refractivity contribution in [1.82, 2.24) is 0 Å². The van der Waals surface area contributed by atoms with Gasteiger partial charge in [-0.2, -0.15) is 0 Å². The van der Waals surface area contributed by atoms with Crippen LogP contribution in [0.2, 0.25) is 0 Å². The van der Waals surface area contributed by atoms with Crippen LogP contribution >= 0.6 is 0 Å². The first kappa shape index (κ1) is 20.0. The number of aliphatic hydroxyl groups excluding tert-OH is 3. The standard InChI is InChI=1S/C20H26O6/c1-26-20-11-14(5-9-17(20)23)4-8-16(22)12-19(25)18(24)10-13-2-6-15(21)7-3-13/h2-3,5-7,9,11,16,18-19,21-25H,4,8,10,12H2,1H3/t16-,18+,19+/m0/s1. The zero-order chi connectivity index (χ0) is 19.1. The van der Waals surface area contributed by atoms with E-state index in [4.69, 9.17) is 4.74 Å². The topological polar surface area (TPSA) is 110 Å². The monoisotopic (exact) mass is 362 g/mol. The highest BCUT2D eigenvalue weighted by Gasteiger charge is 2.20. The summed E-state index contributed by atoms with van der Waals surface area (Å²) in [6.07, 6.45) is -1.54. The van der Waals surface area contributed by atoms with Crippen LogP contribution < -0.4 is 4.74 Å². The SMILES string of the molecule is COc1cc(CC[C@H](O)C[C@@H](O)[C@H](O)Cc2ccc(O)cc2)ccc1O. The molecule has 0 aromatic heterocycles. The molecule has 0 heterocycles. The van der Waals surface area contributed by atoms with Crippen LogP contribution in [0.15, 0.2) is 42.5 Å². The Hall–Kier alpha value is -2.28. The fourth-order valence-electron chi connectivity index (χ4n) is 2.77. The Bertz CT molecular complexity index is 685. The van der Waals surface area contributed by atoms with E-state index in [0.717, 1.165) is 11.1 Å². The molecule has 0 unspecified atom stereocenters. The van der Waals surface area contributed by atoms with E-state index in [-0.39, 0.29) is 24.3 Å². The van der Waals surface area contributed by atoms with Crippen molar-refractivity contribution in [2.24, 2.45) is 0 Å². The summed E-state index contributed by atoms with van der Waals surface area (Å²) in [5.41, 5.74) is 1.69. The Kier molecular flexibility index (Phi) is 7.26.